The molecule has 16 heavy (non-hydrogen) atoms. The van der Waals surface area contributed by atoms with E-state index in [-0.39, 0.29) is 0 Å². The average Bonchev–Trinajstić information content (AvgIpc) is 2.29. The third kappa shape index (κ3) is 3.07. The van der Waals surface area contributed by atoms with Crippen molar-refractivity contribution in [2.75, 3.05) is 12.0 Å². The molecule has 2 rings (SSSR count). The third-order valence-corrected chi connectivity index (χ3v) is 3.60. The molecule has 1 heterocycles. The van der Waals surface area contributed by atoms with Gasteiger partial charge in [-0.05, 0) is 12.2 Å². The van der Waals surface area contributed by atoms with Crippen LogP contribution in [0.3, 0.4) is 0 Å². The molecule has 1 aromatic heterocycles. The zero-order valence-corrected chi connectivity index (χ0v) is 10.5. The molecule has 0 aliphatic heterocycles. The van der Waals surface area contributed by atoms with E-state index in [2.05, 4.69) is 15.0 Å². The molecule has 1 aliphatic carbocycles. The number of nitrogens with two attached hydrogens (primary N) is 1. The number of aromatic nitrogens is 3. The summed E-state index contributed by atoms with van der Waals surface area (Å²) >= 11 is 1.52. The highest BCUT2D eigenvalue weighted by molar-refractivity contribution is 7.98. The fraction of sp³-hybridized carbons (Fsp3) is 0.727. The first kappa shape index (κ1) is 11.6. The Labute approximate surface area is 100 Å². The second-order valence-electron chi connectivity index (χ2n) is 4.30. The lowest BCUT2D eigenvalue weighted by Gasteiger charge is -2.20. The van der Waals surface area contributed by atoms with Crippen LogP contribution in [0.15, 0.2) is 5.16 Å². The van der Waals surface area contributed by atoms with Crippen LogP contribution in [0.25, 0.3) is 0 Å². The van der Waals surface area contributed by atoms with E-state index in [4.69, 9.17) is 5.73 Å². The van der Waals surface area contributed by atoms with E-state index in [9.17, 15) is 0 Å². The Hall–Kier alpha value is -0.840. The summed E-state index contributed by atoms with van der Waals surface area (Å²) in [5.74, 6) is 1.96. The summed E-state index contributed by atoms with van der Waals surface area (Å²) in [6.45, 7) is 0. The van der Waals surface area contributed by atoms with Gasteiger partial charge in [-0.15, -0.1) is 0 Å². The Bertz CT molecular complexity index is 350. The van der Waals surface area contributed by atoms with Crippen LogP contribution in [-0.4, -0.2) is 21.2 Å². The van der Waals surface area contributed by atoms with Gasteiger partial charge in [0, 0.05) is 6.42 Å². The first-order valence-corrected chi connectivity index (χ1v) is 7.05. The zero-order valence-electron chi connectivity index (χ0n) is 9.65. The van der Waals surface area contributed by atoms with Gasteiger partial charge in [-0.3, -0.25) is 0 Å². The van der Waals surface area contributed by atoms with Gasteiger partial charge < -0.3 is 5.73 Å². The second-order valence-corrected chi connectivity index (χ2v) is 5.08. The third-order valence-electron chi connectivity index (χ3n) is 3.06. The van der Waals surface area contributed by atoms with Crippen molar-refractivity contribution < 1.29 is 0 Å². The Balaban J connectivity index is 2.04. The van der Waals surface area contributed by atoms with Gasteiger partial charge in [0.15, 0.2) is 5.16 Å². The predicted octanol–water partition coefficient (Wildman–Crippen LogP) is 2.30. The van der Waals surface area contributed by atoms with Crippen molar-refractivity contribution in [1.82, 2.24) is 15.0 Å². The van der Waals surface area contributed by atoms with Crippen molar-refractivity contribution in [3.63, 3.8) is 0 Å². The summed E-state index contributed by atoms with van der Waals surface area (Å²) in [7, 11) is 0. The van der Waals surface area contributed by atoms with Gasteiger partial charge in [0.1, 0.15) is 5.82 Å². The molecule has 4 nitrogen and oxygen atoms in total. The van der Waals surface area contributed by atoms with E-state index in [0.717, 1.165) is 23.3 Å². The number of anilines is 1. The topological polar surface area (TPSA) is 64.7 Å². The summed E-state index contributed by atoms with van der Waals surface area (Å²) in [6, 6.07) is 0. The highest BCUT2D eigenvalue weighted by Gasteiger charge is 2.16. The van der Waals surface area contributed by atoms with E-state index in [1.807, 2.05) is 6.26 Å². The smallest absolute Gasteiger partial charge is 0.224 e. The number of hydrogen-bond donors (Lipinski definition) is 1. The van der Waals surface area contributed by atoms with Gasteiger partial charge in [-0.25, -0.2) is 4.98 Å². The van der Waals surface area contributed by atoms with Crippen molar-refractivity contribution in [2.24, 2.45) is 5.92 Å². The lowest BCUT2D eigenvalue weighted by molar-refractivity contribution is 0.350. The number of rotatable bonds is 3. The number of nitrogens with zero attached hydrogens (tertiary/aromatic N) is 3. The SMILES string of the molecule is CSc1nc(N)nc(CC2CCCCC2)n1. The predicted molar refractivity (Wildman–Crippen MR) is 66.3 cm³/mol. The van der Waals surface area contributed by atoms with Crippen LogP contribution in [0.2, 0.25) is 0 Å². The van der Waals surface area contributed by atoms with E-state index < -0.39 is 0 Å². The van der Waals surface area contributed by atoms with Crippen LogP contribution in [-0.2, 0) is 6.42 Å². The Morgan fingerprint density at radius 3 is 2.62 bits per heavy atom. The lowest BCUT2D eigenvalue weighted by Crippen LogP contribution is -2.13. The highest BCUT2D eigenvalue weighted by Crippen LogP contribution is 2.26. The van der Waals surface area contributed by atoms with Crippen molar-refractivity contribution in [3.8, 4) is 0 Å². The van der Waals surface area contributed by atoms with Gasteiger partial charge in [-0.1, -0.05) is 43.9 Å². The minimum absolute atomic E-state index is 0.352. The largest absolute Gasteiger partial charge is 0.368 e. The van der Waals surface area contributed by atoms with Gasteiger partial charge in [0.2, 0.25) is 5.95 Å². The standard InChI is InChI=1S/C11H18N4S/c1-16-11-14-9(13-10(12)15-11)7-8-5-3-2-4-6-8/h8H,2-7H2,1H3,(H2,12,13,14,15). The van der Waals surface area contributed by atoms with Crippen molar-refractivity contribution in [1.29, 1.82) is 0 Å². The maximum absolute atomic E-state index is 5.66. The molecule has 2 N–H and O–H groups in total. The molecule has 1 aromatic rings. The molecule has 0 aromatic carbocycles. The van der Waals surface area contributed by atoms with E-state index in [0.29, 0.717) is 5.95 Å². The van der Waals surface area contributed by atoms with Crippen molar-refractivity contribution in [3.05, 3.63) is 5.82 Å². The first-order valence-electron chi connectivity index (χ1n) is 5.82. The quantitative estimate of drug-likeness (QED) is 0.818. The van der Waals surface area contributed by atoms with Gasteiger partial charge in [0.05, 0.1) is 0 Å². The first-order chi connectivity index (χ1) is 7.78. The zero-order chi connectivity index (χ0) is 11.4. The molecule has 1 saturated carbocycles. The summed E-state index contributed by atoms with van der Waals surface area (Å²) in [5, 5.41) is 0.735. The van der Waals surface area contributed by atoms with Crippen molar-refractivity contribution in [2.45, 2.75) is 43.7 Å². The van der Waals surface area contributed by atoms with E-state index in [1.54, 1.807) is 0 Å². The Kier molecular flexibility index (Phi) is 3.98. The summed E-state index contributed by atoms with van der Waals surface area (Å²) in [4.78, 5) is 12.7. The molecule has 0 atom stereocenters. The molecular formula is C11H18N4S. The van der Waals surface area contributed by atoms with Gasteiger partial charge in [0.25, 0.3) is 0 Å². The monoisotopic (exact) mass is 238 g/mol. The normalized spacial score (nSPS) is 17.6. The minimum atomic E-state index is 0.352. The fourth-order valence-corrected chi connectivity index (χ4v) is 2.63. The molecule has 88 valence electrons. The molecule has 0 spiro atoms. The highest BCUT2D eigenvalue weighted by atomic mass is 32.2. The minimum Gasteiger partial charge on any atom is -0.368 e. The van der Waals surface area contributed by atoms with E-state index in [1.165, 1.54) is 43.9 Å². The maximum atomic E-state index is 5.66. The van der Waals surface area contributed by atoms with E-state index >= 15 is 0 Å². The Morgan fingerprint density at radius 2 is 1.94 bits per heavy atom. The lowest BCUT2D eigenvalue weighted by atomic mass is 9.87. The molecular weight excluding hydrogens is 220 g/mol. The van der Waals surface area contributed by atoms with Crippen molar-refractivity contribution >= 4 is 17.7 Å². The molecule has 0 saturated heterocycles. The van der Waals surface area contributed by atoms with Gasteiger partial charge >= 0.3 is 0 Å². The summed E-state index contributed by atoms with van der Waals surface area (Å²) in [5.41, 5.74) is 5.66. The average molecular weight is 238 g/mol. The van der Waals surface area contributed by atoms with Crippen LogP contribution in [0.1, 0.15) is 37.9 Å². The molecule has 5 heteroatoms. The molecule has 1 aliphatic rings. The van der Waals surface area contributed by atoms with Crippen LogP contribution in [0, 0.1) is 5.92 Å². The number of thioether (sulfide) groups is 1. The van der Waals surface area contributed by atoms with Crippen LogP contribution < -0.4 is 5.73 Å². The fourth-order valence-electron chi connectivity index (χ4n) is 2.25. The van der Waals surface area contributed by atoms with Crippen LogP contribution >= 0.6 is 11.8 Å². The summed E-state index contributed by atoms with van der Waals surface area (Å²) < 4.78 is 0. The molecule has 0 bridgehead atoms. The van der Waals surface area contributed by atoms with Crippen LogP contribution in [0.5, 0.6) is 0 Å². The second kappa shape index (κ2) is 5.48. The molecule has 0 radical (unpaired) electrons. The Morgan fingerprint density at radius 1 is 1.19 bits per heavy atom. The number of hydrogen-bond acceptors (Lipinski definition) is 5. The van der Waals surface area contributed by atoms with Crippen LogP contribution in [0.4, 0.5) is 5.95 Å². The molecule has 0 amide bonds. The molecule has 0 unspecified atom stereocenters. The van der Waals surface area contributed by atoms with Gasteiger partial charge in [-0.2, -0.15) is 9.97 Å². The maximum Gasteiger partial charge on any atom is 0.224 e. The number of nitrogen functional groups attached to an aromatic ring is 1. The summed E-state index contributed by atoms with van der Waals surface area (Å²) in [6.07, 6.45) is 9.60. The molecule has 1 fully saturated rings.